The first-order valence-electron chi connectivity index (χ1n) is 9.41. The summed E-state index contributed by atoms with van der Waals surface area (Å²) in [6.07, 6.45) is 3.06. The first-order chi connectivity index (χ1) is 10.6. The molecule has 0 heterocycles. The van der Waals surface area contributed by atoms with Crippen LogP contribution in [0.1, 0.15) is 53.9 Å². The molecule has 146 valence electrons. The lowest BCUT2D eigenvalue weighted by Crippen LogP contribution is -2.42. The molecule has 0 aromatic rings. The lowest BCUT2D eigenvalue weighted by atomic mass is 9.89. The molecule has 0 radical (unpaired) electrons. The Balaban J connectivity index is 0. The molecule has 0 N–H and O–H groups in total. The number of ether oxygens (including phenoxy) is 1. The third-order valence-electron chi connectivity index (χ3n) is 4.09. The molecule has 0 spiro atoms. The number of esters is 1. The normalized spacial score (nSPS) is 13.8. The van der Waals surface area contributed by atoms with Gasteiger partial charge in [-0.15, -0.1) is 0 Å². The largest absolute Gasteiger partial charge is 0.465 e. The van der Waals surface area contributed by atoms with Crippen molar-refractivity contribution in [3.05, 3.63) is 0 Å². The monoisotopic (exact) mass is 346 g/mol. The van der Waals surface area contributed by atoms with Crippen LogP contribution in [0.3, 0.4) is 0 Å². The Bertz CT molecular complexity index is 339. The SMILES string of the molecule is CCC(C)(C)C[N+](C)(C)C.CCC(C)C(=O)OCCC[N+](C)(C)C. The van der Waals surface area contributed by atoms with Crippen LogP contribution in [0.25, 0.3) is 0 Å². The van der Waals surface area contributed by atoms with E-state index < -0.39 is 0 Å². The van der Waals surface area contributed by atoms with E-state index in [1.54, 1.807) is 0 Å². The van der Waals surface area contributed by atoms with Crippen molar-refractivity contribution in [1.82, 2.24) is 0 Å². The van der Waals surface area contributed by atoms with Crippen LogP contribution in [0.4, 0.5) is 0 Å². The topological polar surface area (TPSA) is 26.3 Å². The summed E-state index contributed by atoms with van der Waals surface area (Å²) in [5, 5.41) is 0. The highest BCUT2D eigenvalue weighted by Crippen LogP contribution is 2.21. The van der Waals surface area contributed by atoms with Crippen LogP contribution < -0.4 is 0 Å². The second-order valence-corrected chi connectivity index (χ2v) is 9.81. The van der Waals surface area contributed by atoms with Crippen molar-refractivity contribution < 1.29 is 18.5 Å². The van der Waals surface area contributed by atoms with Gasteiger partial charge < -0.3 is 13.7 Å². The lowest BCUT2D eigenvalue weighted by molar-refractivity contribution is -0.876. The molecule has 4 nitrogen and oxygen atoms in total. The highest BCUT2D eigenvalue weighted by molar-refractivity contribution is 5.71. The van der Waals surface area contributed by atoms with Crippen LogP contribution in [0, 0.1) is 11.3 Å². The predicted molar refractivity (Wildman–Crippen MR) is 105 cm³/mol. The molecular weight excluding hydrogens is 300 g/mol. The van der Waals surface area contributed by atoms with Gasteiger partial charge >= 0.3 is 5.97 Å². The molecule has 0 rings (SSSR count). The van der Waals surface area contributed by atoms with Gasteiger partial charge in [0.05, 0.1) is 67.9 Å². The number of carbonyl (C=O) groups is 1. The summed E-state index contributed by atoms with van der Waals surface area (Å²) >= 11 is 0. The van der Waals surface area contributed by atoms with E-state index in [4.69, 9.17) is 4.74 Å². The average Bonchev–Trinajstić information content (AvgIpc) is 2.39. The summed E-state index contributed by atoms with van der Waals surface area (Å²) in [6.45, 7) is 13.7. The fourth-order valence-corrected chi connectivity index (χ4v) is 2.42. The highest BCUT2D eigenvalue weighted by Gasteiger charge is 2.23. The van der Waals surface area contributed by atoms with Gasteiger partial charge in [0.2, 0.25) is 0 Å². The third-order valence-corrected chi connectivity index (χ3v) is 4.09. The minimum absolute atomic E-state index is 0.0409. The van der Waals surface area contributed by atoms with E-state index in [-0.39, 0.29) is 11.9 Å². The first kappa shape index (κ1) is 25.6. The van der Waals surface area contributed by atoms with Crippen LogP contribution in [0.15, 0.2) is 0 Å². The van der Waals surface area contributed by atoms with Gasteiger partial charge in [0, 0.05) is 11.8 Å². The van der Waals surface area contributed by atoms with E-state index in [0.29, 0.717) is 12.0 Å². The molecule has 4 heteroatoms. The molecule has 0 bridgehead atoms. The van der Waals surface area contributed by atoms with Gasteiger partial charge in [0.15, 0.2) is 0 Å². The van der Waals surface area contributed by atoms with Crippen LogP contribution in [0.5, 0.6) is 0 Å². The maximum absolute atomic E-state index is 11.3. The minimum Gasteiger partial charge on any atom is -0.465 e. The van der Waals surface area contributed by atoms with Gasteiger partial charge in [0.25, 0.3) is 0 Å². The maximum Gasteiger partial charge on any atom is 0.308 e. The van der Waals surface area contributed by atoms with Crippen molar-refractivity contribution in [1.29, 1.82) is 0 Å². The van der Waals surface area contributed by atoms with Gasteiger partial charge in [-0.05, 0) is 12.8 Å². The summed E-state index contributed by atoms with van der Waals surface area (Å²) < 4.78 is 7.13. The summed E-state index contributed by atoms with van der Waals surface area (Å²) in [4.78, 5) is 11.3. The number of hydrogen-bond acceptors (Lipinski definition) is 2. The van der Waals surface area contributed by atoms with Crippen LogP contribution in [-0.2, 0) is 9.53 Å². The van der Waals surface area contributed by atoms with E-state index in [2.05, 4.69) is 63.1 Å². The summed E-state index contributed by atoms with van der Waals surface area (Å²) in [7, 11) is 13.1. The molecule has 0 fully saturated rings. The smallest absolute Gasteiger partial charge is 0.308 e. The Morgan fingerprint density at radius 1 is 1.00 bits per heavy atom. The van der Waals surface area contributed by atoms with Gasteiger partial charge in [0.1, 0.15) is 0 Å². The molecule has 0 aliphatic carbocycles. The second kappa shape index (κ2) is 11.1. The van der Waals surface area contributed by atoms with Gasteiger partial charge in [-0.25, -0.2) is 0 Å². The Hall–Kier alpha value is -0.610. The van der Waals surface area contributed by atoms with Crippen LogP contribution >= 0.6 is 0 Å². The summed E-state index contributed by atoms with van der Waals surface area (Å²) in [5.74, 6) is -0.0203. The number of nitrogens with zero attached hydrogens (tertiary/aromatic N) is 2. The Kier molecular flexibility index (Phi) is 11.8. The summed E-state index contributed by atoms with van der Waals surface area (Å²) in [6, 6.07) is 0. The molecule has 0 aromatic heterocycles. The average molecular weight is 347 g/mol. The minimum atomic E-state index is -0.0612. The van der Waals surface area contributed by atoms with Gasteiger partial charge in [-0.3, -0.25) is 4.79 Å². The zero-order valence-corrected chi connectivity index (χ0v) is 18.5. The fraction of sp³-hybridized carbons (Fsp3) is 0.950. The first-order valence-corrected chi connectivity index (χ1v) is 9.41. The molecule has 1 atom stereocenters. The molecule has 24 heavy (non-hydrogen) atoms. The van der Waals surface area contributed by atoms with Crippen LogP contribution in [0.2, 0.25) is 0 Å². The zero-order chi connectivity index (χ0) is 19.6. The Morgan fingerprint density at radius 3 is 1.79 bits per heavy atom. The molecule has 1 unspecified atom stereocenters. The van der Waals surface area contributed by atoms with Crippen molar-refractivity contribution in [2.24, 2.45) is 11.3 Å². The predicted octanol–water partition coefficient (Wildman–Crippen LogP) is 3.80. The van der Waals surface area contributed by atoms with Gasteiger partial charge in [-0.2, -0.15) is 0 Å². The second-order valence-electron chi connectivity index (χ2n) is 9.81. The zero-order valence-electron chi connectivity index (χ0n) is 18.5. The quantitative estimate of drug-likeness (QED) is 0.361. The van der Waals surface area contributed by atoms with Crippen molar-refractivity contribution in [2.75, 3.05) is 62.0 Å². The fourth-order valence-electron chi connectivity index (χ4n) is 2.42. The van der Waals surface area contributed by atoms with E-state index in [1.165, 1.54) is 13.0 Å². The number of rotatable bonds is 9. The van der Waals surface area contributed by atoms with E-state index in [9.17, 15) is 4.79 Å². The summed E-state index contributed by atoms with van der Waals surface area (Å²) in [5.41, 5.74) is 0.498. The van der Waals surface area contributed by atoms with E-state index in [1.807, 2.05) is 13.8 Å². The number of hydrogen-bond donors (Lipinski definition) is 0. The lowest BCUT2D eigenvalue weighted by Gasteiger charge is -2.33. The van der Waals surface area contributed by atoms with Gasteiger partial charge in [-0.1, -0.05) is 34.6 Å². The molecule has 0 aliphatic heterocycles. The maximum atomic E-state index is 11.3. The molecule has 0 amide bonds. The van der Waals surface area contributed by atoms with Crippen molar-refractivity contribution in [3.63, 3.8) is 0 Å². The number of carbonyl (C=O) groups excluding carboxylic acids is 1. The third kappa shape index (κ3) is 17.7. The Labute approximate surface area is 152 Å². The van der Waals surface area contributed by atoms with Crippen molar-refractivity contribution >= 4 is 5.97 Å². The van der Waals surface area contributed by atoms with E-state index >= 15 is 0 Å². The molecule has 0 saturated heterocycles. The van der Waals surface area contributed by atoms with E-state index in [0.717, 1.165) is 28.4 Å². The highest BCUT2D eigenvalue weighted by atomic mass is 16.5. The Morgan fingerprint density at radius 2 is 1.50 bits per heavy atom. The van der Waals surface area contributed by atoms with Crippen LogP contribution in [-0.4, -0.2) is 76.9 Å². The van der Waals surface area contributed by atoms with Crippen molar-refractivity contribution in [2.45, 2.75) is 53.9 Å². The molecular formula is C20H46N2O2+2. The standard InChI is InChI=1S/C11H24NO2.C9H22N/c1-6-10(2)11(13)14-9-7-8-12(3,4)5;1-7-9(2,3)8-10(4,5)6/h10H,6-9H2,1-5H3;7-8H2,1-6H3/q2*+1. The molecule has 0 aromatic carbocycles. The van der Waals surface area contributed by atoms with Crippen molar-refractivity contribution in [3.8, 4) is 0 Å². The molecule has 0 aliphatic rings. The molecule has 0 saturated carbocycles. The number of quaternary nitrogens is 2.